The molecule has 140 valence electrons. The number of nitrogens with zero attached hydrogens (tertiary/aromatic N) is 2. The van der Waals surface area contributed by atoms with E-state index in [1.165, 1.54) is 12.1 Å². The molecule has 1 aliphatic rings. The van der Waals surface area contributed by atoms with Crippen LogP contribution in [0.2, 0.25) is 0 Å². The molecule has 28 heavy (non-hydrogen) atoms. The number of fused-ring (bicyclic) bond motifs is 2. The molecule has 0 spiro atoms. The van der Waals surface area contributed by atoms with E-state index >= 15 is 0 Å². The fourth-order valence-electron chi connectivity index (χ4n) is 2.77. The highest BCUT2D eigenvalue weighted by Gasteiger charge is 2.16. The summed E-state index contributed by atoms with van der Waals surface area (Å²) in [6.45, 7) is 0.939. The van der Waals surface area contributed by atoms with Crippen LogP contribution in [0.5, 0.6) is 11.5 Å². The van der Waals surface area contributed by atoms with Gasteiger partial charge in [0.1, 0.15) is 30.1 Å². The summed E-state index contributed by atoms with van der Waals surface area (Å²) in [5.41, 5.74) is 1.11. The van der Waals surface area contributed by atoms with E-state index in [2.05, 4.69) is 16.4 Å². The first-order chi connectivity index (χ1) is 13.6. The van der Waals surface area contributed by atoms with Gasteiger partial charge in [-0.3, -0.25) is 4.79 Å². The van der Waals surface area contributed by atoms with E-state index in [0.29, 0.717) is 40.8 Å². The van der Waals surface area contributed by atoms with Crippen molar-refractivity contribution in [3.63, 3.8) is 0 Å². The van der Waals surface area contributed by atoms with Crippen LogP contribution in [0.15, 0.2) is 47.5 Å². The van der Waals surface area contributed by atoms with Crippen molar-refractivity contribution >= 4 is 34.3 Å². The molecule has 1 amide bonds. The van der Waals surface area contributed by atoms with Crippen molar-refractivity contribution in [3.05, 3.63) is 53.8 Å². The van der Waals surface area contributed by atoms with Crippen LogP contribution in [0.4, 0.5) is 10.1 Å². The van der Waals surface area contributed by atoms with Crippen molar-refractivity contribution < 1.29 is 18.7 Å². The van der Waals surface area contributed by atoms with Crippen LogP contribution < -0.4 is 14.8 Å². The number of nitriles is 1. The second kappa shape index (κ2) is 7.74. The van der Waals surface area contributed by atoms with Crippen LogP contribution in [-0.2, 0) is 4.79 Å². The predicted molar refractivity (Wildman–Crippen MR) is 103 cm³/mol. The molecule has 2 heterocycles. The largest absolute Gasteiger partial charge is 0.486 e. The number of benzene rings is 2. The molecule has 0 saturated heterocycles. The number of carbonyl (C=O) groups is 1. The van der Waals surface area contributed by atoms with Crippen LogP contribution in [-0.4, -0.2) is 29.9 Å². The van der Waals surface area contributed by atoms with E-state index in [-0.39, 0.29) is 17.3 Å². The molecule has 1 aromatic heterocycles. The number of ether oxygens (including phenoxy) is 2. The Morgan fingerprint density at radius 2 is 1.96 bits per heavy atom. The minimum atomic E-state index is -0.505. The summed E-state index contributed by atoms with van der Waals surface area (Å²) in [5.74, 6) is 0.322. The maximum absolute atomic E-state index is 13.6. The monoisotopic (exact) mass is 395 g/mol. The lowest BCUT2D eigenvalue weighted by Crippen LogP contribution is -2.15. The summed E-state index contributed by atoms with van der Waals surface area (Å²) in [7, 11) is 0. The Bertz CT molecular complexity index is 1110. The minimum Gasteiger partial charge on any atom is -0.486 e. The number of rotatable bonds is 4. The Hall–Kier alpha value is -3.31. The lowest BCUT2D eigenvalue weighted by atomic mass is 10.1. The van der Waals surface area contributed by atoms with Crippen molar-refractivity contribution in [1.82, 2.24) is 4.98 Å². The average Bonchev–Trinajstić information content (AvgIpc) is 2.71. The topological polar surface area (TPSA) is 84.2 Å². The summed E-state index contributed by atoms with van der Waals surface area (Å²) >= 11 is 1.12. The molecule has 6 nitrogen and oxygen atoms in total. The molecular weight excluding hydrogens is 381 g/mol. The Labute approximate surface area is 164 Å². The van der Waals surface area contributed by atoms with Crippen molar-refractivity contribution in [2.45, 2.75) is 5.03 Å². The lowest BCUT2D eigenvalue weighted by Gasteiger charge is -2.18. The zero-order valence-electron chi connectivity index (χ0n) is 14.6. The number of thioether (sulfide) groups is 1. The number of hydrogen-bond donors (Lipinski definition) is 1. The normalized spacial score (nSPS) is 12.4. The van der Waals surface area contributed by atoms with Crippen LogP contribution in [0.3, 0.4) is 0 Å². The van der Waals surface area contributed by atoms with Crippen molar-refractivity contribution in [2.75, 3.05) is 24.3 Å². The Kier molecular flexibility index (Phi) is 5.00. The van der Waals surface area contributed by atoms with Crippen LogP contribution in [0.25, 0.3) is 10.9 Å². The highest BCUT2D eigenvalue weighted by molar-refractivity contribution is 8.00. The maximum Gasteiger partial charge on any atom is 0.234 e. The quantitative estimate of drug-likeness (QED) is 0.678. The van der Waals surface area contributed by atoms with Gasteiger partial charge in [0.2, 0.25) is 5.91 Å². The van der Waals surface area contributed by atoms with E-state index in [9.17, 15) is 14.4 Å². The zero-order valence-corrected chi connectivity index (χ0v) is 15.4. The van der Waals surface area contributed by atoms with Gasteiger partial charge in [-0.25, -0.2) is 9.37 Å². The van der Waals surface area contributed by atoms with Gasteiger partial charge < -0.3 is 14.8 Å². The summed E-state index contributed by atoms with van der Waals surface area (Å²) < 4.78 is 24.8. The molecule has 1 N–H and O–H groups in total. The van der Waals surface area contributed by atoms with E-state index in [4.69, 9.17) is 9.47 Å². The first-order valence-corrected chi connectivity index (χ1v) is 9.44. The number of carbonyl (C=O) groups excluding carboxylic acids is 1. The smallest absolute Gasteiger partial charge is 0.234 e. The number of halogens is 1. The summed E-state index contributed by atoms with van der Waals surface area (Å²) in [6, 6.07) is 13.3. The SMILES string of the molecule is N#Cc1cc2cc3c(cc2nc1SCC(=O)Nc1ccccc1F)OCCO3. The van der Waals surface area contributed by atoms with E-state index in [1.807, 2.05) is 0 Å². The van der Waals surface area contributed by atoms with Gasteiger partial charge in [-0.15, -0.1) is 0 Å². The maximum atomic E-state index is 13.6. The molecule has 1 aliphatic heterocycles. The molecule has 0 bridgehead atoms. The number of nitrogens with one attached hydrogen (secondary N) is 1. The molecule has 0 aliphatic carbocycles. The molecule has 0 fully saturated rings. The number of amides is 1. The lowest BCUT2D eigenvalue weighted by molar-refractivity contribution is -0.113. The first kappa shape index (κ1) is 18.1. The third kappa shape index (κ3) is 3.70. The Morgan fingerprint density at radius 1 is 1.21 bits per heavy atom. The molecule has 3 aromatic rings. The van der Waals surface area contributed by atoms with E-state index in [1.54, 1.807) is 30.3 Å². The van der Waals surface area contributed by atoms with Crippen molar-refractivity contribution in [1.29, 1.82) is 5.26 Å². The summed E-state index contributed by atoms with van der Waals surface area (Å²) in [6.07, 6.45) is 0. The minimum absolute atomic E-state index is 0.00786. The molecular formula is C20H14FN3O3S. The first-order valence-electron chi connectivity index (χ1n) is 8.46. The molecule has 2 aromatic carbocycles. The number of hydrogen-bond acceptors (Lipinski definition) is 6. The fraction of sp³-hybridized carbons (Fsp3) is 0.150. The standard InChI is InChI=1S/C20H14FN3O3S/c21-14-3-1-2-4-15(14)23-19(25)11-28-20-13(10-22)7-12-8-17-18(9-16(12)24-20)27-6-5-26-17/h1-4,7-9H,5-6,11H2,(H,23,25). The Balaban J connectivity index is 1.55. The summed E-state index contributed by atoms with van der Waals surface area (Å²) in [5, 5.41) is 13.1. The van der Waals surface area contributed by atoms with Crippen LogP contribution in [0.1, 0.15) is 5.56 Å². The molecule has 8 heteroatoms. The number of aromatic nitrogens is 1. The van der Waals surface area contributed by atoms with Crippen molar-refractivity contribution in [3.8, 4) is 17.6 Å². The zero-order chi connectivity index (χ0) is 19.5. The molecule has 0 saturated carbocycles. The van der Waals surface area contributed by atoms with Gasteiger partial charge in [0.05, 0.1) is 22.5 Å². The highest BCUT2D eigenvalue weighted by Crippen LogP contribution is 2.35. The molecule has 4 rings (SSSR count). The van der Waals surface area contributed by atoms with Crippen LogP contribution >= 0.6 is 11.8 Å². The van der Waals surface area contributed by atoms with Gasteiger partial charge in [-0.05, 0) is 24.3 Å². The molecule has 0 unspecified atom stereocenters. The van der Waals surface area contributed by atoms with Gasteiger partial charge >= 0.3 is 0 Å². The molecule has 0 radical (unpaired) electrons. The number of para-hydroxylation sites is 1. The number of pyridine rings is 1. The highest BCUT2D eigenvalue weighted by atomic mass is 32.2. The van der Waals surface area contributed by atoms with E-state index in [0.717, 1.165) is 17.1 Å². The van der Waals surface area contributed by atoms with Gasteiger partial charge in [-0.2, -0.15) is 5.26 Å². The second-order valence-corrected chi connectivity index (χ2v) is 6.92. The third-order valence-corrected chi connectivity index (χ3v) is 5.04. The average molecular weight is 395 g/mol. The molecule has 0 atom stereocenters. The second-order valence-electron chi connectivity index (χ2n) is 5.96. The Morgan fingerprint density at radius 3 is 2.71 bits per heavy atom. The van der Waals surface area contributed by atoms with Gasteiger partial charge in [0.15, 0.2) is 11.5 Å². The number of anilines is 1. The fourth-order valence-corrected chi connectivity index (χ4v) is 3.53. The van der Waals surface area contributed by atoms with Gasteiger partial charge in [-0.1, -0.05) is 23.9 Å². The predicted octanol–water partition coefficient (Wildman–Crippen LogP) is 3.75. The van der Waals surface area contributed by atoms with Gasteiger partial charge in [0, 0.05) is 11.5 Å². The van der Waals surface area contributed by atoms with Crippen molar-refractivity contribution in [2.24, 2.45) is 0 Å². The van der Waals surface area contributed by atoms with E-state index < -0.39 is 5.82 Å². The third-order valence-electron chi connectivity index (χ3n) is 4.05. The van der Waals surface area contributed by atoms with Crippen LogP contribution in [0, 0.1) is 17.1 Å². The van der Waals surface area contributed by atoms with Gasteiger partial charge in [0.25, 0.3) is 0 Å². The summed E-state index contributed by atoms with van der Waals surface area (Å²) in [4.78, 5) is 16.6.